The average molecular weight is 389 g/mol. The number of rotatable bonds is 6. The fourth-order valence-corrected chi connectivity index (χ4v) is 3.41. The minimum Gasteiger partial charge on any atom is -0.486 e. The highest BCUT2D eigenvalue weighted by molar-refractivity contribution is 8.00. The fourth-order valence-electron chi connectivity index (χ4n) is 2.51. The second-order valence-corrected chi connectivity index (χ2v) is 7.01. The smallest absolute Gasteiger partial charge is 0.237 e. The number of carbonyl (C=O) groups is 1. The summed E-state index contributed by atoms with van der Waals surface area (Å²) in [7, 11) is 0. The Kier molecular flexibility index (Phi) is 6.26. The second kappa shape index (κ2) is 8.84. The summed E-state index contributed by atoms with van der Waals surface area (Å²) >= 11 is 7.32. The van der Waals surface area contributed by atoms with E-state index in [0.717, 1.165) is 4.90 Å². The van der Waals surface area contributed by atoms with Gasteiger partial charge in [-0.1, -0.05) is 11.6 Å². The molecule has 134 valence electrons. The van der Waals surface area contributed by atoms with E-state index in [1.165, 1.54) is 11.8 Å². The van der Waals surface area contributed by atoms with E-state index in [4.69, 9.17) is 26.3 Å². The van der Waals surface area contributed by atoms with Crippen LogP contribution in [0.5, 0.6) is 11.5 Å². The Morgan fingerprint density at radius 3 is 2.62 bits per heavy atom. The third kappa shape index (κ3) is 4.63. The van der Waals surface area contributed by atoms with Crippen LogP contribution in [0.1, 0.15) is 6.42 Å². The van der Waals surface area contributed by atoms with Gasteiger partial charge in [-0.15, -0.1) is 11.8 Å². The van der Waals surface area contributed by atoms with Crippen LogP contribution in [0.4, 0.5) is 5.69 Å². The van der Waals surface area contributed by atoms with Gasteiger partial charge in [0.1, 0.15) is 13.2 Å². The summed E-state index contributed by atoms with van der Waals surface area (Å²) in [6.07, 6.45) is 0.256. The molecular weight excluding hydrogens is 372 g/mol. The van der Waals surface area contributed by atoms with Crippen LogP contribution in [0.2, 0.25) is 5.02 Å². The number of carbonyl (C=O) groups excluding carboxylic acids is 1. The van der Waals surface area contributed by atoms with Crippen molar-refractivity contribution in [1.82, 2.24) is 0 Å². The normalized spacial score (nSPS) is 12.3. The molecule has 5 nitrogen and oxygen atoms in total. The maximum atomic E-state index is 12.8. The van der Waals surface area contributed by atoms with Crippen LogP contribution in [-0.4, -0.2) is 31.4 Å². The topological polar surface area (TPSA) is 62.6 Å². The van der Waals surface area contributed by atoms with E-state index in [9.17, 15) is 4.79 Å². The summed E-state index contributed by atoms with van der Waals surface area (Å²) in [4.78, 5) is 15.3. The van der Waals surface area contributed by atoms with Gasteiger partial charge < -0.3 is 14.4 Å². The molecule has 1 aliphatic rings. The van der Waals surface area contributed by atoms with Gasteiger partial charge in [0.15, 0.2) is 11.5 Å². The van der Waals surface area contributed by atoms with Crippen LogP contribution < -0.4 is 14.4 Å². The Balaban J connectivity index is 1.73. The molecule has 1 heterocycles. The standard InChI is InChI=1S/C19H17ClN2O3S/c20-14-2-5-16(6-3-14)26-13-19(23)22(9-1-8-21)15-4-7-17-18(12-15)25-11-10-24-17/h2-7,12H,1,9-11,13H2. The number of ether oxygens (including phenoxy) is 2. The first-order valence-electron chi connectivity index (χ1n) is 8.13. The number of halogens is 1. The lowest BCUT2D eigenvalue weighted by molar-refractivity contribution is -0.116. The molecule has 0 radical (unpaired) electrons. The van der Waals surface area contributed by atoms with E-state index >= 15 is 0 Å². The van der Waals surface area contributed by atoms with Crippen molar-refractivity contribution in [3.63, 3.8) is 0 Å². The lowest BCUT2D eigenvalue weighted by atomic mass is 10.2. The summed E-state index contributed by atoms with van der Waals surface area (Å²) in [5.74, 6) is 1.48. The highest BCUT2D eigenvalue weighted by atomic mass is 35.5. The summed E-state index contributed by atoms with van der Waals surface area (Å²) in [5.41, 5.74) is 0.700. The number of anilines is 1. The Morgan fingerprint density at radius 2 is 1.88 bits per heavy atom. The molecule has 0 bridgehead atoms. The molecule has 0 unspecified atom stereocenters. The number of thioether (sulfide) groups is 1. The van der Waals surface area contributed by atoms with E-state index in [1.807, 2.05) is 18.2 Å². The molecule has 2 aromatic rings. The first-order chi connectivity index (χ1) is 12.7. The van der Waals surface area contributed by atoms with Gasteiger partial charge in [0.2, 0.25) is 5.91 Å². The van der Waals surface area contributed by atoms with Crippen LogP contribution in [0, 0.1) is 11.3 Å². The van der Waals surface area contributed by atoms with Gasteiger partial charge in [-0.05, 0) is 36.4 Å². The van der Waals surface area contributed by atoms with E-state index in [2.05, 4.69) is 6.07 Å². The molecule has 7 heteroatoms. The van der Waals surface area contributed by atoms with Gasteiger partial charge >= 0.3 is 0 Å². The van der Waals surface area contributed by atoms with Crippen LogP contribution in [-0.2, 0) is 4.79 Å². The molecule has 2 aromatic carbocycles. The van der Waals surface area contributed by atoms with E-state index in [-0.39, 0.29) is 18.1 Å². The van der Waals surface area contributed by atoms with Crippen LogP contribution in [0.3, 0.4) is 0 Å². The number of hydrogen-bond acceptors (Lipinski definition) is 5. The zero-order valence-corrected chi connectivity index (χ0v) is 15.6. The molecule has 1 amide bonds. The van der Waals surface area contributed by atoms with Crippen LogP contribution in [0.15, 0.2) is 47.4 Å². The zero-order chi connectivity index (χ0) is 18.4. The molecule has 0 spiro atoms. The van der Waals surface area contributed by atoms with Crippen LogP contribution >= 0.6 is 23.4 Å². The average Bonchev–Trinajstić information content (AvgIpc) is 2.67. The highest BCUT2D eigenvalue weighted by Crippen LogP contribution is 2.34. The number of hydrogen-bond donors (Lipinski definition) is 0. The first kappa shape index (κ1) is 18.4. The van der Waals surface area contributed by atoms with Gasteiger partial charge in [-0.25, -0.2) is 0 Å². The Labute approximate surface area is 161 Å². The van der Waals surface area contributed by atoms with Gasteiger partial charge in [-0.2, -0.15) is 5.26 Å². The molecule has 1 aliphatic heterocycles. The minimum atomic E-state index is -0.0723. The first-order valence-corrected chi connectivity index (χ1v) is 9.49. The number of nitriles is 1. The van der Waals surface area contributed by atoms with Gasteiger partial charge in [0.25, 0.3) is 0 Å². The maximum absolute atomic E-state index is 12.8. The molecule has 0 saturated carbocycles. The zero-order valence-electron chi connectivity index (χ0n) is 14.0. The minimum absolute atomic E-state index is 0.0723. The van der Waals surface area contributed by atoms with Crippen molar-refractivity contribution < 1.29 is 14.3 Å². The SMILES string of the molecule is N#CCCN(C(=O)CSc1ccc(Cl)cc1)c1ccc2c(c1)OCCO2. The Morgan fingerprint density at radius 1 is 1.15 bits per heavy atom. The maximum Gasteiger partial charge on any atom is 0.237 e. The predicted molar refractivity (Wildman–Crippen MR) is 102 cm³/mol. The van der Waals surface area contributed by atoms with Gasteiger partial charge in [-0.3, -0.25) is 4.79 Å². The molecule has 0 saturated heterocycles. The van der Waals surface area contributed by atoms with Crippen molar-refractivity contribution in [1.29, 1.82) is 5.26 Å². The highest BCUT2D eigenvalue weighted by Gasteiger charge is 2.19. The quantitative estimate of drug-likeness (QED) is 0.695. The van der Waals surface area contributed by atoms with Crippen molar-refractivity contribution in [2.24, 2.45) is 0 Å². The third-order valence-corrected chi connectivity index (χ3v) is 5.01. The molecule has 0 aliphatic carbocycles. The monoisotopic (exact) mass is 388 g/mol. The molecule has 0 atom stereocenters. The van der Waals surface area contributed by atoms with Crippen molar-refractivity contribution in [3.8, 4) is 17.6 Å². The van der Waals surface area contributed by atoms with Crippen LogP contribution in [0.25, 0.3) is 0 Å². The molecular formula is C19H17ClN2O3S. The number of amides is 1. The Bertz CT molecular complexity index is 821. The largest absolute Gasteiger partial charge is 0.486 e. The molecule has 26 heavy (non-hydrogen) atoms. The number of fused-ring (bicyclic) bond motifs is 1. The van der Waals surface area contributed by atoms with E-state index < -0.39 is 0 Å². The van der Waals surface area contributed by atoms with E-state index in [1.54, 1.807) is 29.2 Å². The fraction of sp³-hybridized carbons (Fsp3) is 0.263. The Hall–Kier alpha value is -2.36. The number of nitrogens with zero attached hydrogens (tertiary/aromatic N) is 2. The van der Waals surface area contributed by atoms with Gasteiger partial charge in [0, 0.05) is 28.2 Å². The van der Waals surface area contributed by atoms with E-state index in [0.29, 0.717) is 42.0 Å². The predicted octanol–water partition coefficient (Wildman–Crippen LogP) is 4.15. The van der Waals surface area contributed by atoms with Gasteiger partial charge in [0.05, 0.1) is 18.2 Å². The van der Waals surface area contributed by atoms with Crippen molar-refractivity contribution in [2.45, 2.75) is 11.3 Å². The lowest BCUT2D eigenvalue weighted by Gasteiger charge is -2.24. The molecule has 3 rings (SSSR count). The summed E-state index contributed by atoms with van der Waals surface area (Å²) in [5, 5.41) is 9.58. The molecule has 0 fully saturated rings. The summed E-state index contributed by atoms with van der Waals surface area (Å²) in [6, 6.07) is 14.8. The third-order valence-electron chi connectivity index (χ3n) is 3.76. The second-order valence-electron chi connectivity index (χ2n) is 5.52. The molecule has 0 aromatic heterocycles. The summed E-state index contributed by atoms with van der Waals surface area (Å²) in [6.45, 7) is 1.33. The number of benzene rings is 2. The molecule has 0 N–H and O–H groups in total. The van der Waals surface area contributed by atoms with Crippen molar-refractivity contribution >= 4 is 35.0 Å². The van der Waals surface area contributed by atoms with Crippen molar-refractivity contribution in [2.75, 3.05) is 30.4 Å². The lowest BCUT2D eigenvalue weighted by Crippen LogP contribution is -2.33. The van der Waals surface area contributed by atoms with Crippen molar-refractivity contribution in [3.05, 3.63) is 47.5 Å². The summed E-state index contributed by atoms with van der Waals surface area (Å²) < 4.78 is 11.1.